The van der Waals surface area contributed by atoms with Gasteiger partial charge in [0.05, 0.1) is 0 Å². The van der Waals surface area contributed by atoms with Crippen molar-refractivity contribution in [2.75, 3.05) is 5.32 Å². The molecule has 0 saturated heterocycles. The summed E-state index contributed by atoms with van der Waals surface area (Å²) in [5, 5.41) is 6.70. The highest BCUT2D eigenvalue weighted by molar-refractivity contribution is 5.94. The average molecular weight is 323 g/mol. The van der Waals surface area contributed by atoms with Gasteiger partial charge in [0.1, 0.15) is 5.75 Å². The van der Waals surface area contributed by atoms with Crippen molar-refractivity contribution in [2.45, 2.75) is 20.0 Å². The van der Waals surface area contributed by atoms with Crippen molar-refractivity contribution in [1.82, 2.24) is 10.1 Å². The van der Waals surface area contributed by atoms with Crippen LogP contribution in [0.5, 0.6) is 5.75 Å². The summed E-state index contributed by atoms with van der Waals surface area (Å²) in [6.45, 7) is 3.43. The first-order valence-corrected chi connectivity index (χ1v) is 7.55. The minimum atomic E-state index is -0.622. The lowest BCUT2D eigenvalue weighted by molar-refractivity contribution is -0.122. The van der Waals surface area contributed by atoms with Gasteiger partial charge in [-0.15, -0.1) is 0 Å². The zero-order valence-electron chi connectivity index (χ0n) is 13.4. The normalized spacial score (nSPS) is 11.8. The first kappa shape index (κ1) is 15.7. The molecule has 0 saturated carbocycles. The predicted molar refractivity (Wildman–Crippen MR) is 89.6 cm³/mol. The van der Waals surface area contributed by atoms with Crippen LogP contribution in [0.4, 0.5) is 5.69 Å². The molecule has 1 amide bonds. The largest absolute Gasteiger partial charge is 0.481 e. The van der Waals surface area contributed by atoms with Gasteiger partial charge < -0.3 is 14.6 Å². The molecule has 6 heteroatoms. The van der Waals surface area contributed by atoms with E-state index in [1.165, 1.54) is 0 Å². The number of hydrogen-bond acceptors (Lipinski definition) is 5. The predicted octanol–water partition coefficient (Wildman–Crippen LogP) is 3.45. The molecule has 0 aliphatic carbocycles. The van der Waals surface area contributed by atoms with E-state index in [-0.39, 0.29) is 5.91 Å². The topological polar surface area (TPSA) is 77.2 Å². The van der Waals surface area contributed by atoms with E-state index in [0.717, 1.165) is 5.56 Å². The lowest BCUT2D eigenvalue weighted by Gasteiger charge is -2.14. The van der Waals surface area contributed by atoms with Crippen molar-refractivity contribution in [3.63, 3.8) is 0 Å². The van der Waals surface area contributed by atoms with Crippen molar-refractivity contribution >= 4 is 11.6 Å². The number of benzene rings is 2. The third kappa shape index (κ3) is 3.78. The van der Waals surface area contributed by atoms with Gasteiger partial charge in [-0.05, 0) is 31.2 Å². The highest BCUT2D eigenvalue weighted by Gasteiger charge is 2.15. The molecule has 0 bridgehead atoms. The van der Waals surface area contributed by atoms with Gasteiger partial charge in [0.15, 0.2) is 6.10 Å². The van der Waals surface area contributed by atoms with E-state index < -0.39 is 6.10 Å². The van der Waals surface area contributed by atoms with E-state index >= 15 is 0 Å². The maximum Gasteiger partial charge on any atom is 0.265 e. The zero-order chi connectivity index (χ0) is 16.9. The van der Waals surface area contributed by atoms with Crippen LogP contribution in [0.1, 0.15) is 12.8 Å². The van der Waals surface area contributed by atoms with Crippen LogP contribution in [0.15, 0.2) is 59.1 Å². The van der Waals surface area contributed by atoms with E-state index in [9.17, 15) is 4.79 Å². The van der Waals surface area contributed by atoms with Crippen LogP contribution >= 0.6 is 0 Å². The molecule has 0 aliphatic rings. The molecule has 24 heavy (non-hydrogen) atoms. The molecule has 1 atom stereocenters. The summed E-state index contributed by atoms with van der Waals surface area (Å²) in [6.07, 6.45) is -0.622. The number of amides is 1. The summed E-state index contributed by atoms with van der Waals surface area (Å²) in [7, 11) is 0. The van der Waals surface area contributed by atoms with E-state index in [2.05, 4.69) is 15.5 Å². The Morgan fingerprint density at radius 2 is 1.96 bits per heavy atom. The summed E-state index contributed by atoms with van der Waals surface area (Å²) in [5.74, 6) is 1.39. The highest BCUT2D eigenvalue weighted by Crippen LogP contribution is 2.20. The van der Waals surface area contributed by atoms with E-state index in [1.807, 2.05) is 42.5 Å². The molecule has 2 aromatic carbocycles. The Labute approximate surface area is 139 Å². The molecule has 0 fully saturated rings. The number of aryl methyl sites for hydroxylation is 1. The van der Waals surface area contributed by atoms with Crippen LogP contribution in [0, 0.1) is 6.92 Å². The molecule has 0 spiro atoms. The van der Waals surface area contributed by atoms with Gasteiger partial charge in [-0.3, -0.25) is 4.79 Å². The molecule has 6 nitrogen and oxygen atoms in total. The molecule has 3 aromatic rings. The van der Waals surface area contributed by atoms with Crippen LogP contribution in [-0.2, 0) is 4.79 Å². The Bertz CT molecular complexity index is 830. The van der Waals surface area contributed by atoms with Crippen molar-refractivity contribution < 1.29 is 14.1 Å². The van der Waals surface area contributed by atoms with Crippen LogP contribution in [-0.4, -0.2) is 22.2 Å². The number of anilines is 1. The fourth-order valence-corrected chi connectivity index (χ4v) is 2.15. The second kappa shape index (κ2) is 6.95. The molecule has 1 heterocycles. The Morgan fingerprint density at radius 1 is 1.17 bits per heavy atom. The molecule has 3 rings (SSSR count). The average Bonchev–Trinajstić information content (AvgIpc) is 3.02. The number of hydrogen-bond donors (Lipinski definition) is 1. The van der Waals surface area contributed by atoms with Gasteiger partial charge in [0, 0.05) is 18.2 Å². The molecule has 0 unspecified atom stereocenters. The zero-order valence-corrected chi connectivity index (χ0v) is 13.4. The lowest BCUT2D eigenvalue weighted by Crippen LogP contribution is -2.30. The fourth-order valence-electron chi connectivity index (χ4n) is 2.15. The number of rotatable bonds is 5. The van der Waals surface area contributed by atoms with E-state index in [1.54, 1.807) is 26.0 Å². The minimum absolute atomic E-state index is 0.236. The standard InChI is InChI=1S/C18H17N3O3/c1-12(23-16-9-4-3-5-10-16)18(22)20-15-8-6-7-14(11-15)17-19-13(2)24-21-17/h3-12H,1-2H3,(H,20,22)/t12-/m1/s1. The quantitative estimate of drug-likeness (QED) is 0.778. The van der Waals surface area contributed by atoms with Crippen LogP contribution in [0.2, 0.25) is 0 Å². The maximum absolute atomic E-state index is 12.3. The number of carbonyl (C=O) groups excluding carboxylic acids is 1. The lowest BCUT2D eigenvalue weighted by atomic mass is 10.2. The van der Waals surface area contributed by atoms with Gasteiger partial charge in [0.25, 0.3) is 5.91 Å². The Balaban J connectivity index is 1.68. The number of nitrogens with one attached hydrogen (secondary N) is 1. The molecule has 1 aromatic heterocycles. The second-order valence-corrected chi connectivity index (χ2v) is 5.28. The SMILES string of the molecule is Cc1nc(-c2cccc(NC(=O)[C@@H](C)Oc3ccccc3)c2)no1. The highest BCUT2D eigenvalue weighted by atomic mass is 16.5. The number of para-hydroxylation sites is 1. The van der Waals surface area contributed by atoms with Gasteiger partial charge in [-0.2, -0.15) is 4.98 Å². The van der Waals surface area contributed by atoms with Crippen molar-refractivity contribution in [2.24, 2.45) is 0 Å². The van der Waals surface area contributed by atoms with Gasteiger partial charge >= 0.3 is 0 Å². The smallest absolute Gasteiger partial charge is 0.265 e. The van der Waals surface area contributed by atoms with Crippen LogP contribution in [0.3, 0.4) is 0 Å². The summed E-state index contributed by atoms with van der Waals surface area (Å²) in [5.41, 5.74) is 1.41. The number of aromatic nitrogens is 2. The van der Waals surface area contributed by atoms with Gasteiger partial charge in [-0.25, -0.2) is 0 Å². The van der Waals surface area contributed by atoms with Gasteiger partial charge in [-0.1, -0.05) is 35.5 Å². The fraction of sp³-hybridized carbons (Fsp3) is 0.167. The summed E-state index contributed by atoms with van der Waals surface area (Å²) >= 11 is 0. The molecule has 122 valence electrons. The van der Waals surface area contributed by atoms with Crippen LogP contribution in [0.25, 0.3) is 11.4 Å². The first-order valence-electron chi connectivity index (χ1n) is 7.55. The van der Waals surface area contributed by atoms with Crippen molar-refractivity contribution in [1.29, 1.82) is 0 Å². The Morgan fingerprint density at radius 3 is 2.67 bits per heavy atom. The summed E-state index contributed by atoms with van der Waals surface area (Å²) in [6, 6.07) is 16.5. The Kier molecular flexibility index (Phi) is 4.56. The van der Waals surface area contributed by atoms with E-state index in [4.69, 9.17) is 9.26 Å². The maximum atomic E-state index is 12.3. The van der Waals surface area contributed by atoms with E-state index in [0.29, 0.717) is 23.2 Å². The van der Waals surface area contributed by atoms with Crippen molar-refractivity contribution in [3.05, 3.63) is 60.5 Å². The van der Waals surface area contributed by atoms with Gasteiger partial charge in [0.2, 0.25) is 11.7 Å². The summed E-state index contributed by atoms with van der Waals surface area (Å²) in [4.78, 5) is 16.5. The third-order valence-electron chi connectivity index (χ3n) is 3.34. The molecule has 1 N–H and O–H groups in total. The van der Waals surface area contributed by atoms with Crippen molar-refractivity contribution in [3.8, 4) is 17.1 Å². The minimum Gasteiger partial charge on any atom is -0.481 e. The number of nitrogens with zero attached hydrogens (tertiary/aromatic N) is 2. The van der Waals surface area contributed by atoms with Crippen LogP contribution < -0.4 is 10.1 Å². The first-order chi connectivity index (χ1) is 11.6. The molecular weight excluding hydrogens is 306 g/mol. The second-order valence-electron chi connectivity index (χ2n) is 5.28. The molecular formula is C18H17N3O3. The number of ether oxygens (including phenoxy) is 1. The summed E-state index contributed by atoms with van der Waals surface area (Å²) < 4.78 is 10.6. The third-order valence-corrected chi connectivity index (χ3v) is 3.34. The molecule has 0 aliphatic heterocycles. The molecule has 0 radical (unpaired) electrons. The number of carbonyl (C=O) groups is 1. The monoisotopic (exact) mass is 323 g/mol. The Hall–Kier alpha value is -3.15.